The summed E-state index contributed by atoms with van der Waals surface area (Å²) in [6.45, 7) is 0.607. The van der Waals surface area contributed by atoms with Crippen molar-refractivity contribution in [2.45, 2.75) is 106 Å². The number of aliphatic hydroxyl groups is 4. The highest BCUT2D eigenvalue weighted by Gasteiger charge is 2.50. The number of fused-ring (bicyclic) bond motifs is 3. The predicted molar refractivity (Wildman–Crippen MR) is 241 cm³/mol. The van der Waals surface area contributed by atoms with E-state index in [2.05, 4.69) is 16.0 Å². The molecule has 7 rings (SSSR count). The second-order valence-electron chi connectivity index (χ2n) is 17.9. The number of rotatable bonds is 17. The Hall–Kier alpha value is -6.60. The fourth-order valence-corrected chi connectivity index (χ4v) is 9.40. The number of aromatic hydroxyl groups is 2. The lowest BCUT2D eigenvalue weighted by Gasteiger charge is -2.42. The van der Waals surface area contributed by atoms with E-state index in [1.165, 1.54) is 32.2 Å². The first-order valence-electron chi connectivity index (χ1n) is 23.1. The highest BCUT2D eigenvalue weighted by Crippen LogP contribution is 2.52. The minimum absolute atomic E-state index is 0.0160. The van der Waals surface area contributed by atoms with Gasteiger partial charge in [0.2, 0.25) is 11.7 Å². The van der Waals surface area contributed by atoms with Gasteiger partial charge in [0.1, 0.15) is 47.3 Å². The molecule has 0 saturated carbocycles. The molecule has 9 N–H and O–H groups in total. The maximum atomic E-state index is 14.0. The molecule has 0 bridgehead atoms. The van der Waals surface area contributed by atoms with Gasteiger partial charge in [-0.05, 0) is 44.7 Å². The summed E-state index contributed by atoms with van der Waals surface area (Å²) < 4.78 is 28.6. The molecule has 0 spiro atoms. The lowest BCUT2D eigenvalue weighted by molar-refractivity contribution is -0.249. The van der Waals surface area contributed by atoms with E-state index in [4.69, 9.17) is 23.7 Å². The van der Waals surface area contributed by atoms with Crippen LogP contribution in [0.15, 0.2) is 42.5 Å². The Morgan fingerprint density at radius 2 is 1.62 bits per heavy atom. The third kappa shape index (κ3) is 11.0. The number of nitrogens with zero attached hydrogens (tertiary/aromatic N) is 1. The molecular formula is C48H56N4O19. The number of ether oxygens (including phenoxy) is 5. The number of hydrogen-bond acceptors (Lipinski definition) is 19. The van der Waals surface area contributed by atoms with Crippen molar-refractivity contribution in [3.63, 3.8) is 0 Å². The molecule has 5 aliphatic rings. The molecule has 2 heterocycles. The fraction of sp³-hybridized carbons (Fsp3) is 0.500. The molecular weight excluding hydrogens is 937 g/mol. The molecule has 1 saturated heterocycles. The molecule has 0 radical (unpaired) electrons. The number of aliphatic hydroxyl groups excluding tert-OH is 2. The van der Waals surface area contributed by atoms with Gasteiger partial charge in [-0.2, -0.15) is 0 Å². The Morgan fingerprint density at radius 1 is 0.915 bits per heavy atom. The Morgan fingerprint density at radius 3 is 2.32 bits per heavy atom. The summed E-state index contributed by atoms with van der Waals surface area (Å²) in [5.41, 5.74) is -6.23. The van der Waals surface area contributed by atoms with Gasteiger partial charge in [-0.25, -0.2) is 4.79 Å². The number of phenolic OH excluding ortho intramolecular Hbond substituents is 2. The number of methoxy groups -OCH3 is 1. The van der Waals surface area contributed by atoms with Gasteiger partial charge < -0.3 is 70.3 Å². The maximum Gasteiger partial charge on any atom is 0.408 e. The lowest BCUT2D eigenvalue weighted by atomic mass is 9.72. The molecule has 23 nitrogen and oxygen atoms in total. The molecule has 0 aromatic heterocycles. The van der Waals surface area contributed by atoms with E-state index in [0.717, 1.165) is 17.1 Å². The van der Waals surface area contributed by atoms with Crippen LogP contribution in [0.5, 0.6) is 17.2 Å². The largest absolute Gasteiger partial charge is 0.507 e. The summed E-state index contributed by atoms with van der Waals surface area (Å²) in [7, 11) is 1.28. The first-order valence-corrected chi connectivity index (χ1v) is 23.1. The molecule has 2 aliphatic heterocycles. The Labute approximate surface area is 405 Å². The van der Waals surface area contributed by atoms with Gasteiger partial charge in [-0.1, -0.05) is 18.2 Å². The summed E-state index contributed by atoms with van der Waals surface area (Å²) in [4.78, 5) is 104. The van der Waals surface area contributed by atoms with E-state index in [9.17, 15) is 69.0 Å². The number of hydrogen-bond donors (Lipinski definition) is 9. The van der Waals surface area contributed by atoms with E-state index in [1.54, 1.807) is 12.2 Å². The number of carbonyl (C=O) groups is 8. The van der Waals surface area contributed by atoms with Crippen LogP contribution in [0.1, 0.15) is 101 Å². The molecule has 2 aromatic carbocycles. The van der Waals surface area contributed by atoms with Crippen molar-refractivity contribution < 1.29 is 92.7 Å². The van der Waals surface area contributed by atoms with E-state index < -0.39 is 131 Å². The topological polar surface area (TPSA) is 343 Å². The molecule has 8 atom stereocenters. The van der Waals surface area contributed by atoms with Crippen LogP contribution < -0.4 is 20.7 Å². The van der Waals surface area contributed by atoms with Crippen molar-refractivity contribution >= 4 is 47.1 Å². The summed E-state index contributed by atoms with van der Waals surface area (Å²) >= 11 is 0. The van der Waals surface area contributed by atoms with Gasteiger partial charge in [0, 0.05) is 74.2 Å². The monoisotopic (exact) mass is 992 g/mol. The first kappa shape index (κ1) is 52.2. The smallest absolute Gasteiger partial charge is 0.408 e. The van der Waals surface area contributed by atoms with Crippen molar-refractivity contribution in [3.05, 3.63) is 75.9 Å². The van der Waals surface area contributed by atoms with Crippen molar-refractivity contribution in [3.8, 4) is 17.2 Å². The standard InChI is InChI=1S/C48H56N4O19/c1-24-40(58)28(51-46(64)70-25-6-3-4-13-47(65,14-11-25)45(63)50-16-19-68-18-15-49-32(55)12-17-52-33(56)9-10-34(52)57)20-35(69-24)71-30-22-48(66,31(54)23-53)21-27-37(30)44(62)39-38(42(27)60)41(59)26-7-5-8-29(67-2)36(26)43(39)61/h3,5-10,24-25,28,30,35,40,53,58,60,62,65-66H,4,11-23H2,1-2H3,(H,49,55)(H,50,63)(H,51,64)/b6-3+/t24-,25-,28-,30-,35-,40+,47-,48-/m0/s1. The van der Waals surface area contributed by atoms with Gasteiger partial charge in [0.15, 0.2) is 17.9 Å². The lowest BCUT2D eigenvalue weighted by Crippen LogP contribution is -2.56. The van der Waals surface area contributed by atoms with Crippen molar-refractivity contribution in [1.29, 1.82) is 0 Å². The molecule has 3 aliphatic carbocycles. The average Bonchev–Trinajstić information content (AvgIpc) is 3.66. The van der Waals surface area contributed by atoms with E-state index >= 15 is 0 Å². The number of phenols is 2. The van der Waals surface area contributed by atoms with E-state index in [-0.39, 0.29) is 105 Å². The molecule has 71 heavy (non-hydrogen) atoms. The zero-order valence-corrected chi connectivity index (χ0v) is 38.8. The summed E-state index contributed by atoms with van der Waals surface area (Å²) in [6, 6.07) is 3.12. The molecule has 382 valence electrons. The third-order valence-corrected chi connectivity index (χ3v) is 13.2. The van der Waals surface area contributed by atoms with Crippen molar-refractivity contribution in [2.24, 2.45) is 0 Å². The zero-order valence-electron chi connectivity index (χ0n) is 38.8. The number of nitrogens with one attached hydrogen (secondary N) is 3. The van der Waals surface area contributed by atoms with Gasteiger partial charge in [0.05, 0.1) is 55.3 Å². The highest BCUT2D eigenvalue weighted by atomic mass is 16.7. The zero-order chi connectivity index (χ0) is 51.4. The van der Waals surface area contributed by atoms with Crippen LogP contribution in [-0.2, 0) is 49.3 Å². The molecule has 23 heteroatoms. The van der Waals surface area contributed by atoms with Crippen LogP contribution in [0, 0.1) is 0 Å². The highest BCUT2D eigenvalue weighted by molar-refractivity contribution is 6.31. The number of carbonyl (C=O) groups excluding carboxylic acids is 8. The van der Waals surface area contributed by atoms with Gasteiger partial charge in [-0.15, -0.1) is 0 Å². The van der Waals surface area contributed by atoms with Crippen LogP contribution in [-0.4, -0.2) is 171 Å². The minimum atomic E-state index is -2.41. The SMILES string of the molecule is COc1cccc2c1C(=O)c1c(O)c3c(c(O)c1C2=O)C[C@@](O)(C(=O)CO)C[C@@H]3O[C@H]1C[C@H](NC(=O)O[C@H]2/C=C/CC[C@@](O)(C(=O)NCCOCCNC(=O)CCN3C(=O)C=CC3=O)CC2)[C@H](O)[C@H](C)O1. The Balaban J connectivity index is 0.942. The van der Waals surface area contributed by atoms with Crippen LogP contribution in [0.25, 0.3) is 0 Å². The normalized spacial score (nSPS) is 27.4. The summed E-state index contributed by atoms with van der Waals surface area (Å²) in [6.07, 6.45) is -3.17. The summed E-state index contributed by atoms with van der Waals surface area (Å²) in [5.74, 6) is -6.36. The van der Waals surface area contributed by atoms with E-state index in [1.807, 2.05) is 0 Å². The number of alkyl carbamates (subject to hydrolysis) is 1. The van der Waals surface area contributed by atoms with Crippen LogP contribution in [0.4, 0.5) is 4.79 Å². The second kappa shape index (κ2) is 21.8. The maximum absolute atomic E-state index is 14.0. The van der Waals surface area contributed by atoms with Crippen LogP contribution >= 0.6 is 0 Å². The van der Waals surface area contributed by atoms with Crippen molar-refractivity contribution in [2.75, 3.05) is 46.6 Å². The number of imide groups is 1. The van der Waals surface area contributed by atoms with Crippen LogP contribution in [0.3, 0.4) is 0 Å². The summed E-state index contributed by atoms with van der Waals surface area (Å²) in [5, 5.41) is 75.3. The number of amides is 5. The Kier molecular flexibility index (Phi) is 16.0. The predicted octanol–water partition coefficient (Wildman–Crippen LogP) is -0.437. The van der Waals surface area contributed by atoms with Crippen LogP contribution in [0.2, 0.25) is 0 Å². The molecule has 1 fully saturated rings. The average molecular weight is 993 g/mol. The number of benzene rings is 2. The molecule has 2 aromatic rings. The van der Waals surface area contributed by atoms with Gasteiger partial charge in [0.25, 0.3) is 17.7 Å². The quantitative estimate of drug-likeness (QED) is 0.0358. The minimum Gasteiger partial charge on any atom is -0.507 e. The van der Waals surface area contributed by atoms with Crippen molar-refractivity contribution in [1.82, 2.24) is 20.9 Å². The number of ketones is 3. The fourth-order valence-electron chi connectivity index (χ4n) is 9.40. The second-order valence-corrected chi connectivity index (χ2v) is 17.9. The Bertz CT molecular complexity index is 2530. The number of Topliss-reactive ketones (excluding diaryl/α,β-unsaturated/α-hetero) is 1. The number of allylic oxidation sites excluding steroid dienone is 1. The first-order chi connectivity index (χ1) is 33.8. The van der Waals surface area contributed by atoms with Gasteiger partial charge in [-0.3, -0.25) is 38.5 Å². The third-order valence-electron chi connectivity index (χ3n) is 13.2. The van der Waals surface area contributed by atoms with Gasteiger partial charge >= 0.3 is 6.09 Å². The molecule has 0 unspecified atom stereocenters. The molecule has 5 amide bonds. The van der Waals surface area contributed by atoms with E-state index in [0.29, 0.717) is 0 Å².